The largest absolute Gasteiger partial charge is 0.489 e. The third kappa shape index (κ3) is 5.05. The van der Waals surface area contributed by atoms with Crippen molar-refractivity contribution in [1.82, 2.24) is 5.32 Å². The minimum Gasteiger partial charge on any atom is -0.489 e. The molecule has 1 N–H and O–H groups in total. The van der Waals surface area contributed by atoms with Crippen molar-refractivity contribution in [3.05, 3.63) is 101 Å². The highest BCUT2D eigenvalue weighted by atomic mass is 35.5. The number of halogens is 1. The van der Waals surface area contributed by atoms with Crippen molar-refractivity contribution >= 4 is 41.2 Å². The molecule has 0 saturated carbocycles. The Hall–Kier alpha value is -4.56. The predicted molar refractivity (Wildman–Crippen MR) is 138 cm³/mol. The van der Waals surface area contributed by atoms with Crippen molar-refractivity contribution in [3.63, 3.8) is 0 Å². The standard InChI is InChI=1S/C28H21ClN2O6/c1-2-3-19-12-17(4-10-23(19)35-15-18-5-11-24-25(14-18)37-16-36-24)13-22-26(32)30-28(34)31(27(22)33)21-8-6-20(29)7-9-21/h2,4-14H,1,3,15-16H2,(H,30,32,34)/b22-13+. The number of nitrogens with zero attached hydrogens (tertiary/aromatic N) is 1. The summed E-state index contributed by atoms with van der Waals surface area (Å²) in [6.07, 6.45) is 3.68. The molecule has 0 aromatic heterocycles. The zero-order valence-electron chi connectivity index (χ0n) is 19.5. The molecule has 1 fully saturated rings. The number of allylic oxidation sites excluding steroid dienone is 1. The second-order valence-corrected chi connectivity index (χ2v) is 8.71. The van der Waals surface area contributed by atoms with Crippen LogP contribution in [0.5, 0.6) is 17.2 Å². The molecular weight excluding hydrogens is 496 g/mol. The van der Waals surface area contributed by atoms with Gasteiger partial charge in [-0.1, -0.05) is 29.8 Å². The van der Waals surface area contributed by atoms with Crippen LogP contribution < -0.4 is 24.4 Å². The first kappa shape index (κ1) is 24.1. The maximum Gasteiger partial charge on any atom is 0.335 e. The van der Waals surface area contributed by atoms with Crippen LogP contribution in [0.4, 0.5) is 10.5 Å². The number of fused-ring (bicyclic) bond motifs is 1. The Labute approximate surface area is 217 Å². The normalized spacial score (nSPS) is 15.6. The van der Waals surface area contributed by atoms with Crippen LogP contribution in [0.25, 0.3) is 6.08 Å². The van der Waals surface area contributed by atoms with E-state index < -0.39 is 17.8 Å². The van der Waals surface area contributed by atoms with Crippen molar-refractivity contribution in [2.75, 3.05) is 11.7 Å². The van der Waals surface area contributed by atoms with Crippen LogP contribution in [0.1, 0.15) is 16.7 Å². The molecule has 2 aliphatic heterocycles. The predicted octanol–water partition coefficient (Wildman–Crippen LogP) is 5.04. The fraction of sp³-hybridized carbons (Fsp3) is 0.107. The highest BCUT2D eigenvalue weighted by molar-refractivity contribution is 6.39. The van der Waals surface area contributed by atoms with Gasteiger partial charge in [-0.15, -0.1) is 6.58 Å². The van der Waals surface area contributed by atoms with Crippen molar-refractivity contribution in [2.45, 2.75) is 13.0 Å². The lowest BCUT2D eigenvalue weighted by molar-refractivity contribution is -0.122. The minimum absolute atomic E-state index is 0.173. The minimum atomic E-state index is -0.825. The van der Waals surface area contributed by atoms with Gasteiger partial charge < -0.3 is 14.2 Å². The van der Waals surface area contributed by atoms with Crippen LogP contribution in [0, 0.1) is 0 Å². The van der Waals surface area contributed by atoms with E-state index in [0.29, 0.717) is 46.5 Å². The van der Waals surface area contributed by atoms with E-state index in [9.17, 15) is 14.4 Å². The molecule has 1 saturated heterocycles. The molecule has 2 aliphatic rings. The summed E-state index contributed by atoms with van der Waals surface area (Å²) in [5, 5.41) is 2.67. The van der Waals surface area contributed by atoms with Gasteiger partial charge in [0.25, 0.3) is 11.8 Å². The molecule has 0 spiro atoms. The van der Waals surface area contributed by atoms with E-state index in [0.717, 1.165) is 16.0 Å². The lowest BCUT2D eigenvalue weighted by atomic mass is 10.0. The van der Waals surface area contributed by atoms with Crippen LogP contribution in [0.3, 0.4) is 0 Å². The summed E-state index contributed by atoms with van der Waals surface area (Å²) in [6, 6.07) is 16.3. The smallest absolute Gasteiger partial charge is 0.335 e. The van der Waals surface area contributed by atoms with E-state index in [-0.39, 0.29) is 12.4 Å². The van der Waals surface area contributed by atoms with Crippen molar-refractivity contribution in [1.29, 1.82) is 0 Å². The lowest BCUT2D eigenvalue weighted by Gasteiger charge is -2.26. The molecule has 186 valence electrons. The number of urea groups is 1. The molecule has 4 amide bonds. The molecule has 0 aliphatic carbocycles. The van der Waals surface area contributed by atoms with Crippen LogP contribution >= 0.6 is 11.6 Å². The molecule has 37 heavy (non-hydrogen) atoms. The van der Waals surface area contributed by atoms with Gasteiger partial charge in [-0.25, -0.2) is 9.69 Å². The number of barbiturate groups is 1. The van der Waals surface area contributed by atoms with Gasteiger partial charge in [0.15, 0.2) is 11.5 Å². The van der Waals surface area contributed by atoms with Crippen LogP contribution in [-0.2, 0) is 22.6 Å². The number of rotatable bonds is 7. The molecule has 0 bridgehead atoms. The second kappa shape index (κ2) is 10.2. The molecule has 8 nitrogen and oxygen atoms in total. The molecule has 2 heterocycles. The Morgan fingerprint density at radius 3 is 2.57 bits per heavy atom. The first-order valence-electron chi connectivity index (χ1n) is 11.3. The Morgan fingerprint density at radius 1 is 1.00 bits per heavy atom. The molecular formula is C28H21ClN2O6. The first-order valence-corrected chi connectivity index (χ1v) is 11.7. The van der Waals surface area contributed by atoms with E-state index in [1.54, 1.807) is 30.3 Å². The van der Waals surface area contributed by atoms with Gasteiger partial charge in [0.05, 0.1) is 5.69 Å². The number of benzene rings is 3. The van der Waals surface area contributed by atoms with E-state index in [2.05, 4.69) is 11.9 Å². The zero-order chi connectivity index (χ0) is 25.9. The topological polar surface area (TPSA) is 94.2 Å². The van der Waals surface area contributed by atoms with E-state index in [1.165, 1.54) is 18.2 Å². The van der Waals surface area contributed by atoms with Crippen molar-refractivity contribution in [2.24, 2.45) is 0 Å². The van der Waals surface area contributed by atoms with E-state index in [4.69, 9.17) is 25.8 Å². The third-order valence-electron chi connectivity index (χ3n) is 5.78. The second-order valence-electron chi connectivity index (χ2n) is 8.27. The Balaban J connectivity index is 1.39. The summed E-state index contributed by atoms with van der Waals surface area (Å²) in [6.45, 7) is 4.32. The number of hydrogen-bond acceptors (Lipinski definition) is 6. The molecule has 5 rings (SSSR count). The molecule has 0 radical (unpaired) electrons. The summed E-state index contributed by atoms with van der Waals surface area (Å²) in [5.74, 6) is 0.511. The molecule has 3 aromatic rings. The summed E-state index contributed by atoms with van der Waals surface area (Å²) in [5.41, 5.74) is 2.45. The number of ether oxygens (including phenoxy) is 3. The third-order valence-corrected chi connectivity index (χ3v) is 6.03. The van der Waals surface area contributed by atoms with Gasteiger partial charge in [0.1, 0.15) is 17.9 Å². The van der Waals surface area contributed by atoms with Gasteiger partial charge >= 0.3 is 6.03 Å². The molecule has 3 aromatic carbocycles. The fourth-order valence-electron chi connectivity index (χ4n) is 3.99. The van der Waals surface area contributed by atoms with Gasteiger partial charge in [0.2, 0.25) is 6.79 Å². The maximum absolute atomic E-state index is 13.1. The highest BCUT2D eigenvalue weighted by Gasteiger charge is 2.36. The van der Waals surface area contributed by atoms with Crippen molar-refractivity contribution in [3.8, 4) is 17.2 Å². The van der Waals surface area contributed by atoms with Crippen LogP contribution in [0.15, 0.2) is 78.9 Å². The highest BCUT2D eigenvalue weighted by Crippen LogP contribution is 2.33. The molecule has 9 heteroatoms. The summed E-state index contributed by atoms with van der Waals surface area (Å²) < 4.78 is 16.8. The number of hydrogen-bond donors (Lipinski definition) is 1. The number of nitrogens with one attached hydrogen (secondary N) is 1. The average Bonchev–Trinajstić information content (AvgIpc) is 3.35. The monoisotopic (exact) mass is 516 g/mol. The van der Waals surface area contributed by atoms with Crippen LogP contribution in [-0.4, -0.2) is 24.6 Å². The number of carbonyl (C=O) groups is 3. The number of amides is 4. The first-order chi connectivity index (χ1) is 17.9. The Morgan fingerprint density at radius 2 is 1.78 bits per heavy atom. The lowest BCUT2D eigenvalue weighted by Crippen LogP contribution is -2.54. The summed E-state index contributed by atoms with van der Waals surface area (Å²) in [7, 11) is 0. The number of imide groups is 2. The zero-order valence-corrected chi connectivity index (χ0v) is 20.3. The molecule has 0 atom stereocenters. The fourth-order valence-corrected chi connectivity index (χ4v) is 4.11. The Kier molecular flexibility index (Phi) is 6.66. The quantitative estimate of drug-likeness (QED) is 0.268. The number of anilines is 1. The average molecular weight is 517 g/mol. The van der Waals surface area contributed by atoms with Crippen molar-refractivity contribution < 1.29 is 28.6 Å². The van der Waals surface area contributed by atoms with E-state index in [1.807, 2.05) is 24.3 Å². The Bertz CT molecular complexity index is 1450. The van der Waals surface area contributed by atoms with Gasteiger partial charge in [-0.3, -0.25) is 14.9 Å². The van der Waals surface area contributed by atoms with Gasteiger partial charge in [0, 0.05) is 5.02 Å². The van der Waals surface area contributed by atoms with Gasteiger partial charge in [-0.2, -0.15) is 0 Å². The summed E-state index contributed by atoms with van der Waals surface area (Å²) >= 11 is 5.92. The van der Waals surface area contributed by atoms with Gasteiger partial charge in [-0.05, 0) is 77.7 Å². The summed E-state index contributed by atoms with van der Waals surface area (Å²) in [4.78, 5) is 39.0. The number of carbonyl (C=O) groups excluding carboxylic acids is 3. The maximum atomic E-state index is 13.1. The van der Waals surface area contributed by atoms with E-state index >= 15 is 0 Å². The molecule has 0 unspecified atom stereocenters. The van der Waals surface area contributed by atoms with Crippen LogP contribution in [0.2, 0.25) is 5.02 Å². The SMILES string of the molecule is C=CCc1cc(/C=C2\C(=O)NC(=O)N(c3ccc(Cl)cc3)C2=O)ccc1OCc1ccc2c(c1)OCO2.